The minimum absolute atomic E-state index is 0.0193. The third-order valence-electron chi connectivity index (χ3n) is 4.60. The summed E-state index contributed by atoms with van der Waals surface area (Å²) in [5.74, 6) is 0.0693. The van der Waals surface area contributed by atoms with E-state index in [2.05, 4.69) is 24.1 Å². The van der Waals surface area contributed by atoms with Gasteiger partial charge in [-0.15, -0.1) is 0 Å². The second-order valence-electron chi connectivity index (χ2n) is 6.65. The van der Waals surface area contributed by atoms with Crippen molar-refractivity contribution in [3.63, 3.8) is 0 Å². The average molecular weight is 322 g/mol. The first kappa shape index (κ1) is 17.9. The molecule has 1 aromatic rings. The number of carbonyl (C=O) groups excluding carboxylic acids is 1. The van der Waals surface area contributed by atoms with E-state index in [9.17, 15) is 14.3 Å². The molecule has 1 saturated heterocycles. The number of amides is 1. The van der Waals surface area contributed by atoms with Crippen LogP contribution < -0.4 is 5.32 Å². The summed E-state index contributed by atoms with van der Waals surface area (Å²) in [4.78, 5) is 14.5. The number of piperidine rings is 1. The van der Waals surface area contributed by atoms with Gasteiger partial charge in [0.2, 0.25) is 5.91 Å². The molecule has 0 aromatic heterocycles. The summed E-state index contributed by atoms with van der Waals surface area (Å²) in [6, 6.07) is 6.25. The van der Waals surface area contributed by atoms with E-state index in [1.807, 2.05) is 0 Å². The standard InChI is InChI=1S/C18H27FN2O2/c1-13(2)21-9-7-14(8-10-21)11-18(23)20-12-17(22)15-3-5-16(19)6-4-15/h3-6,13-14,17,22H,7-12H2,1-2H3,(H,20,23)/t17-/m1/s1. The zero-order valence-electron chi connectivity index (χ0n) is 14.0. The molecule has 2 rings (SSSR count). The van der Waals surface area contributed by atoms with Crippen molar-refractivity contribution in [3.05, 3.63) is 35.6 Å². The molecule has 1 amide bonds. The van der Waals surface area contributed by atoms with Crippen LogP contribution in [0.2, 0.25) is 0 Å². The molecule has 1 heterocycles. The van der Waals surface area contributed by atoms with Gasteiger partial charge in [0, 0.05) is 19.0 Å². The summed E-state index contributed by atoms with van der Waals surface area (Å²) in [5.41, 5.74) is 0.608. The lowest BCUT2D eigenvalue weighted by molar-refractivity contribution is -0.122. The molecular weight excluding hydrogens is 295 g/mol. The number of aliphatic hydroxyl groups excluding tert-OH is 1. The summed E-state index contributed by atoms with van der Waals surface area (Å²) < 4.78 is 12.8. The van der Waals surface area contributed by atoms with Crippen LogP contribution in [0.5, 0.6) is 0 Å². The van der Waals surface area contributed by atoms with Gasteiger partial charge in [-0.25, -0.2) is 4.39 Å². The fourth-order valence-corrected chi connectivity index (χ4v) is 3.02. The van der Waals surface area contributed by atoms with Gasteiger partial charge >= 0.3 is 0 Å². The second-order valence-corrected chi connectivity index (χ2v) is 6.65. The fraction of sp³-hybridized carbons (Fsp3) is 0.611. The number of carbonyl (C=O) groups is 1. The SMILES string of the molecule is CC(C)N1CCC(CC(=O)NC[C@@H](O)c2ccc(F)cc2)CC1. The van der Waals surface area contributed by atoms with Crippen molar-refractivity contribution >= 4 is 5.91 Å². The highest BCUT2D eigenvalue weighted by Gasteiger charge is 2.22. The van der Waals surface area contributed by atoms with Crippen LogP contribution in [0.15, 0.2) is 24.3 Å². The Bertz CT molecular complexity index is 496. The lowest BCUT2D eigenvalue weighted by Gasteiger charge is -2.34. The van der Waals surface area contributed by atoms with Crippen LogP contribution >= 0.6 is 0 Å². The van der Waals surface area contributed by atoms with E-state index in [0.29, 0.717) is 23.9 Å². The van der Waals surface area contributed by atoms with Crippen molar-refractivity contribution < 1.29 is 14.3 Å². The van der Waals surface area contributed by atoms with E-state index in [-0.39, 0.29) is 18.3 Å². The molecule has 1 aromatic carbocycles. The van der Waals surface area contributed by atoms with E-state index in [0.717, 1.165) is 25.9 Å². The van der Waals surface area contributed by atoms with Gasteiger partial charge in [0.15, 0.2) is 0 Å². The van der Waals surface area contributed by atoms with Crippen molar-refractivity contribution in [2.45, 2.75) is 45.3 Å². The number of halogens is 1. The average Bonchev–Trinajstić information content (AvgIpc) is 2.54. The monoisotopic (exact) mass is 322 g/mol. The van der Waals surface area contributed by atoms with Crippen LogP contribution in [0.3, 0.4) is 0 Å². The Kier molecular flexibility index (Phi) is 6.54. The maximum absolute atomic E-state index is 12.8. The van der Waals surface area contributed by atoms with Gasteiger partial charge in [-0.3, -0.25) is 4.79 Å². The molecule has 1 atom stereocenters. The fourth-order valence-electron chi connectivity index (χ4n) is 3.02. The molecule has 1 aliphatic heterocycles. The Labute approximate surface area is 137 Å². The summed E-state index contributed by atoms with van der Waals surface area (Å²) in [6.07, 6.45) is 1.81. The predicted molar refractivity (Wildman–Crippen MR) is 88.4 cm³/mol. The molecule has 23 heavy (non-hydrogen) atoms. The Morgan fingerprint density at radius 3 is 2.48 bits per heavy atom. The zero-order valence-corrected chi connectivity index (χ0v) is 14.0. The summed E-state index contributed by atoms with van der Waals surface area (Å²) in [5, 5.41) is 12.8. The number of hydrogen-bond donors (Lipinski definition) is 2. The lowest BCUT2D eigenvalue weighted by atomic mass is 9.92. The molecule has 0 bridgehead atoms. The molecule has 0 spiro atoms. The van der Waals surface area contributed by atoms with E-state index >= 15 is 0 Å². The summed E-state index contributed by atoms with van der Waals surface area (Å²) in [6.45, 7) is 6.66. The zero-order chi connectivity index (χ0) is 16.8. The molecule has 128 valence electrons. The largest absolute Gasteiger partial charge is 0.387 e. The Morgan fingerprint density at radius 2 is 1.91 bits per heavy atom. The molecule has 5 heteroatoms. The topological polar surface area (TPSA) is 52.6 Å². The number of hydrogen-bond acceptors (Lipinski definition) is 3. The minimum Gasteiger partial charge on any atom is -0.387 e. The van der Waals surface area contributed by atoms with Crippen LogP contribution in [0, 0.1) is 11.7 Å². The molecule has 0 radical (unpaired) electrons. The Hall–Kier alpha value is -1.46. The van der Waals surface area contributed by atoms with Gasteiger partial charge < -0.3 is 15.3 Å². The number of benzene rings is 1. The molecule has 1 fully saturated rings. The Morgan fingerprint density at radius 1 is 1.30 bits per heavy atom. The maximum atomic E-state index is 12.8. The van der Waals surface area contributed by atoms with E-state index in [4.69, 9.17) is 0 Å². The molecule has 1 aliphatic rings. The van der Waals surface area contributed by atoms with Crippen LogP contribution in [-0.4, -0.2) is 41.6 Å². The van der Waals surface area contributed by atoms with Crippen molar-refractivity contribution in [1.82, 2.24) is 10.2 Å². The van der Waals surface area contributed by atoms with Crippen molar-refractivity contribution in [2.75, 3.05) is 19.6 Å². The lowest BCUT2D eigenvalue weighted by Crippen LogP contribution is -2.40. The van der Waals surface area contributed by atoms with Crippen molar-refractivity contribution in [1.29, 1.82) is 0 Å². The van der Waals surface area contributed by atoms with Crippen LogP contribution in [-0.2, 0) is 4.79 Å². The van der Waals surface area contributed by atoms with Gasteiger partial charge in [0.1, 0.15) is 5.82 Å². The highest BCUT2D eigenvalue weighted by Crippen LogP contribution is 2.22. The van der Waals surface area contributed by atoms with Crippen LogP contribution in [0.25, 0.3) is 0 Å². The van der Waals surface area contributed by atoms with Gasteiger partial charge in [-0.05, 0) is 63.4 Å². The molecule has 0 aliphatic carbocycles. The number of aliphatic hydroxyl groups is 1. The van der Waals surface area contributed by atoms with Crippen molar-refractivity contribution in [3.8, 4) is 0 Å². The van der Waals surface area contributed by atoms with E-state index in [1.54, 1.807) is 0 Å². The first-order chi connectivity index (χ1) is 11.0. The third-order valence-corrected chi connectivity index (χ3v) is 4.60. The number of nitrogens with zero attached hydrogens (tertiary/aromatic N) is 1. The van der Waals surface area contributed by atoms with E-state index < -0.39 is 6.10 Å². The number of nitrogens with one attached hydrogen (secondary N) is 1. The number of likely N-dealkylation sites (tertiary alicyclic amines) is 1. The second kappa shape index (κ2) is 8.41. The normalized spacial score (nSPS) is 18.1. The molecule has 2 N–H and O–H groups in total. The van der Waals surface area contributed by atoms with Gasteiger partial charge in [-0.1, -0.05) is 12.1 Å². The van der Waals surface area contributed by atoms with Gasteiger partial charge in [0.05, 0.1) is 6.10 Å². The van der Waals surface area contributed by atoms with E-state index in [1.165, 1.54) is 24.3 Å². The van der Waals surface area contributed by atoms with Gasteiger partial charge in [0.25, 0.3) is 0 Å². The first-order valence-electron chi connectivity index (χ1n) is 8.40. The molecule has 0 unspecified atom stereocenters. The molecule has 4 nitrogen and oxygen atoms in total. The predicted octanol–water partition coefficient (Wildman–Crippen LogP) is 2.49. The Balaban J connectivity index is 1.70. The highest BCUT2D eigenvalue weighted by molar-refractivity contribution is 5.76. The summed E-state index contributed by atoms with van der Waals surface area (Å²) >= 11 is 0. The first-order valence-corrected chi connectivity index (χ1v) is 8.40. The number of rotatable bonds is 6. The minimum atomic E-state index is -0.803. The van der Waals surface area contributed by atoms with Gasteiger partial charge in [-0.2, -0.15) is 0 Å². The maximum Gasteiger partial charge on any atom is 0.220 e. The highest BCUT2D eigenvalue weighted by atomic mass is 19.1. The third kappa shape index (κ3) is 5.59. The summed E-state index contributed by atoms with van der Waals surface area (Å²) in [7, 11) is 0. The molecular formula is C18H27FN2O2. The smallest absolute Gasteiger partial charge is 0.220 e. The van der Waals surface area contributed by atoms with Crippen LogP contribution in [0.4, 0.5) is 4.39 Å². The van der Waals surface area contributed by atoms with Crippen LogP contribution in [0.1, 0.15) is 44.8 Å². The molecule has 0 saturated carbocycles. The van der Waals surface area contributed by atoms with Crippen molar-refractivity contribution in [2.24, 2.45) is 5.92 Å². The quantitative estimate of drug-likeness (QED) is 0.846.